The lowest BCUT2D eigenvalue weighted by molar-refractivity contribution is 0.0947. The Bertz CT molecular complexity index is 1280. The van der Waals surface area contributed by atoms with Crippen molar-refractivity contribution in [3.63, 3.8) is 0 Å². The zero-order valence-corrected chi connectivity index (χ0v) is 18.1. The summed E-state index contributed by atoms with van der Waals surface area (Å²) in [5, 5.41) is 6.64. The van der Waals surface area contributed by atoms with Crippen LogP contribution in [-0.2, 0) is 6.54 Å². The smallest absolute Gasteiger partial charge is 0.270 e. The summed E-state index contributed by atoms with van der Waals surface area (Å²) in [5.74, 6) is 0.154. The fourth-order valence-corrected chi connectivity index (χ4v) is 3.62. The molecule has 0 aliphatic rings. The van der Waals surface area contributed by atoms with E-state index in [9.17, 15) is 9.59 Å². The van der Waals surface area contributed by atoms with E-state index < -0.39 is 0 Å². The molecule has 4 rings (SSSR count). The molecule has 1 heterocycles. The number of fused-ring (bicyclic) bond motifs is 1. The second kappa shape index (κ2) is 9.39. The molecule has 0 fully saturated rings. The van der Waals surface area contributed by atoms with Crippen molar-refractivity contribution in [2.75, 3.05) is 11.9 Å². The lowest BCUT2D eigenvalue weighted by Crippen LogP contribution is -2.25. The number of hydrogen-bond acceptors (Lipinski definition) is 3. The molecule has 6 heteroatoms. The Balaban J connectivity index is 1.61. The van der Waals surface area contributed by atoms with Gasteiger partial charge in [0.25, 0.3) is 11.8 Å². The molecule has 2 amide bonds. The number of H-pyrrole nitrogens is 1. The van der Waals surface area contributed by atoms with Crippen molar-refractivity contribution in [2.24, 2.45) is 0 Å². The zero-order valence-electron chi connectivity index (χ0n) is 18.1. The van der Waals surface area contributed by atoms with Gasteiger partial charge in [0.05, 0.1) is 12.3 Å². The third kappa shape index (κ3) is 4.49. The van der Waals surface area contributed by atoms with Crippen molar-refractivity contribution >= 4 is 28.4 Å². The van der Waals surface area contributed by atoms with Gasteiger partial charge in [-0.15, -0.1) is 0 Å². The molecule has 0 saturated heterocycles. The van der Waals surface area contributed by atoms with Crippen LogP contribution in [0.25, 0.3) is 10.9 Å². The van der Waals surface area contributed by atoms with Crippen molar-refractivity contribution in [3.05, 3.63) is 95.2 Å². The second-order valence-corrected chi connectivity index (χ2v) is 7.47. The number of hydrogen-bond donors (Lipinski definition) is 3. The van der Waals surface area contributed by atoms with Crippen LogP contribution in [0, 0.1) is 6.92 Å². The van der Waals surface area contributed by atoms with Gasteiger partial charge in [-0.25, -0.2) is 0 Å². The molecule has 3 N–H and O–H groups in total. The Kier molecular flexibility index (Phi) is 6.22. The highest BCUT2D eigenvalue weighted by Gasteiger charge is 2.20. The van der Waals surface area contributed by atoms with Gasteiger partial charge in [-0.3, -0.25) is 9.59 Å². The first-order valence-electron chi connectivity index (χ1n) is 10.5. The highest BCUT2D eigenvalue weighted by molar-refractivity contribution is 6.15. The van der Waals surface area contributed by atoms with Crippen LogP contribution in [-0.4, -0.2) is 23.4 Å². The van der Waals surface area contributed by atoms with E-state index in [2.05, 4.69) is 15.6 Å². The zero-order chi connectivity index (χ0) is 22.5. The Hall–Kier alpha value is -4.06. The van der Waals surface area contributed by atoms with Gasteiger partial charge in [0.15, 0.2) is 0 Å². The maximum atomic E-state index is 13.1. The van der Waals surface area contributed by atoms with Crippen LogP contribution in [0.1, 0.15) is 38.9 Å². The van der Waals surface area contributed by atoms with Gasteiger partial charge in [-0.2, -0.15) is 0 Å². The number of aromatic nitrogens is 1. The molecular formula is C26H25N3O3. The van der Waals surface area contributed by atoms with Crippen LogP contribution >= 0.6 is 0 Å². The monoisotopic (exact) mass is 427 g/mol. The molecule has 32 heavy (non-hydrogen) atoms. The average Bonchev–Trinajstić information content (AvgIpc) is 3.17. The normalized spacial score (nSPS) is 10.7. The maximum absolute atomic E-state index is 13.1. The van der Waals surface area contributed by atoms with E-state index in [1.165, 1.54) is 0 Å². The highest BCUT2D eigenvalue weighted by Crippen LogP contribution is 2.28. The Morgan fingerprint density at radius 2 is 1.72 bits per heavy atom. The molecule has 0 aliphatic carbocycles. The van der Waals surface area contributed by atoms with E-state index in [1.807, 2.05) is 80.6 Å². The minimum absolute atomic E-state index is 0.269. The number of rotatable bonds is 7. The molecule has 162 valence electrons. The predicted octanol–water partition coefficient (Wildman–Crippen LogP) is 5.06. The van der Waals surface area contributed by atoms with Gasteiger partial charge < -0.3 is 20.4 Å². The first-order chi connectivity index (χ1) is 15.6. The van der Waals surface area contributed by atoms with Crippen molar-refractivity contribution in [2.45, 2.75) is 20.4 Å². The quantitative estimate of drug-likeness (QED) is 0.386. The van der Waals surface area contributed by atoms with E-state index in [0.29, 0.717) is 30.1 Å². The molecule has 6 nitrogen and oxygen atoms in total. The van der Waals surface area contributed by atoms with Crippen LogP contribution in [0.2, 0.25) is 0 Å². The average molecular weight is 428 g/mol. The third-order valence-corrected chi connectivity index (χ3v) is 5.16. The number of aromatic amines is 1. The number of ether oxygens (including phenoxy) is 1. The van der Waals surface area contributed by atoms with Crippen molar-refractivity contribution in [1.29, 1.82) is 0 Å². The number of para-hydroxylation sites is 2. The number of anilines is 1. The number of carbonyl (C=O) groups excluding carboxylic acids is 2. The fourth-order valence-electron chi connectivity index (χ4n) is 3.62. The summed E-state index contributed by atoms with van der Waals surface area (Å²) in [6.07, 6.45) is 0. The number of aryl methyl sites for hydroxylation is 1. The van der Waals surface area contributed by atoms with Crippen LogP contribution in [0.5, 0.6) is 5.75 Å². The van der Waals surface area contributed by atoms with E-state index in [1.54, 1.807) is 6.07 Å². The van der Waals surface area contributed by atoms with E-state index >= 15 is 0 Å². The fraction of sp³-hybridized carbons (Fsp3) is 0.154. The minimum Gasteiger partial charge on any atom is -0.494 e. The number of amides is 2. The number of nitrogens with one attached hydrogen (secondary N) is 3. The van der Waals surface area contributed by atoms with Crippen LogP contribution in [0.3, 0.4) is 0 Å². The van der Waals surface area contributed by atoms with Crippen molar-refractivity contribution in [1.82, 2.24) is 10.3 Å². The van der Waals surface area contributed by atoms with Gasteiger partial charge >= 0.3 is 0 Å². The molecule has 0 unspecified atom stereocenters. The van der Waals surface area contributed by atoms with Crippen LogP contribution in [0.4, 0.5) is 5.69 Å². The molecule has 3 aromatic carbocycles. The summed E-state index contributed by atoms with van der Waals surface area (Å²) in [5.41, 5.74) is 3.94. The topological polar surface area (TPSA) is 83.2 Å². The van der Waals surface area contributed by atoms with Crippen molar-refractivity contribution < 1.29 is 14.3 Å². The molecule has 0 bridgehead atoms. The summed E-state index contributed by atoms with van der Waals surface area (Å²) in [6.45, 7) is 4.70. The summed E-state index contributed by atoms with van der Waals surface area (Å²) in [4.78, 5) is 29.2. The SMILES string of the molecule is CCOc1ccccc1CNC(=O)c1[nH]c2ccccc2c1NC(=O)c1cccc(C)c1. The van der Waals surface area contributed by atoms with E-state index in [-0.39, 0.29) is 11.8 Å². The molecule has 1 aromatic heterocycles. The number of carbonyl (C=O) groups is 2. The lowest BCUT2D eigenvalue weighted by Gasteiger charge is -2.12. The summed E-state index contributed by atoms with van der Waals surface area (Å²) in [7, 11) is 0. The molecule has 0 radical (unpaired) electrons. The van der Waals surface area contributed by atoms with Crippen LogP contribution < -0.4 is 15.4 Å². The number of benzene rings is 3. The summed E-state index contributed by atoms with van der Waals surface area (Å²) < 4.78 is 5.64. The van der Waals surface area contributed by atoms with Gasteiger partial charge in [0.1, 0.15) is 11.4 Å². The summed E-state index contributed by atoms with van der Waals surface area (Å²) >= 11 is 0. The van der Waals surface area contributed by atoms with Gasteiger partial charge in [0, 0.05) is 28.6 Å². The molecular weight excluding hydrogens is 402 g/mol. The van der Waals surface area contributed by atoms with Gasteiger partial charge in [0.2, 0.25) is 0 Å². The van der Waals surface area contributed by atoms with Gasteiger partial charge in [-0.1, -0.05) is 54.1 Å². The Morgan fingerprint density at radius 3 is 2.53 bits per heavy atom. The second-order valence-electron chi connectivity index (χ2n) is 7.47. The maximum Gasteiger partial charge on any atom is 0.270 e. The van der Waals surface area contributed by atoms with Gasteiger partial charge in [-0.05, 0) is 38.1 Å². The minimum atomic E-state index is -0.313. The first kappa shape index (κ1) is 21.2. The Morgan fingerprint density at radius 1 is 0.938 bits per heavy atom. The highest BCUT2D eigenvalue weighted by atomic mass is 16.5. The predicted molar refractivity (Wildman–Crippen MR) is 126 cm³/mol. The van der Waals surface area contributed by atoms with E-state index in [0.717, 1.165) is 27.8 Å². The molecule has 0 aliphatic heterocycles. The molecule has 0 spiro atoms. The van der Waals surface area contributed by atoms with E-state index in [4.69, 9.17) is 4.74 Å². The molecule has 0 saturated carbocycles. The third-order valence-electron chi connectivity index (χ3n) is 5.16. The first-order valence-corrected chi connectivity index (χ1v) is 10.5. The summed E-state index contributed by atoms with van der Waals surface area (Å²) in [6, 6.07) is 22.4. The van der Waals surface area contributed by atoms with Crippen molar-refractivity contribution in [3.8, 4) is 5.75 Å². The molecule has 4 aromatic rings. The lowest BCUT2D eigenvalue weighted by atomic mass is 10.1. The molecule has 0 atom stereocenters. The Labute approximate surface area is 186 Å². The van der Waals surface area contributed by atoms with Crippen LogP contribution in [0.15, 0.2) is 72.8 Å². The standard InChI is InChI=1S/C26H25N3O3/c1-3-32-22-14-7-4-10-19(22)16-27-26(31)24-23(20-12-5-6-13-21(20)28-24)29-25(30)18-11-8-9-17(2)15-18/h4-15,28H,3,16H2,1-2H3,(H,27,31)(H,29,30). The largest absolute Gasteiger partial charge is 0.494 e.